The van der Waals surface area contributed by atoms with Gasteiger partial charge in [0.25, 0.3) is 0 Å². The number of nitrogens with zero attached hydrogens (tertiary/aromatic N) is 2. The molecule has 0 spiro atoms. The fourth-order valence-electron chi connectivity index (χ4n) is 3.25. The molecule has 1 saturated heterocycles. The molecule has 0 N–H and O–H groups in total. The fraction of sp³-hybridized carbons (Fsp3) is 0.500. The van der Waals surface area contributed by atoms with Crippen molar-refractivity contribution in [2.45, 2.75) is 27.5 Å². The molecule has 1 aromatic carbocycles. The minimum atomic E-state index is -1.13. The molecule has 1 saturated carbocycles. The number of carbonyl (C=O) groups is 2. The highest BCUT2D eigenvalue weighted by atomic mass is 79.9. The standard InChI is InChI=1S/C16H15BrCl2N2O4/c1-20(14(23)15(17)7-16(15,18)19)10-4-5-21(13(10)22)9-2-3-11-12(6-9)25-8-24-11/h2-3,6,10H,4-5,7-8H2,1H3. The number of fused-ring (bicyclic) bond motifs is 1. The monoisotopic (exact) mass is 448 g/mol. The van der Waals surface area contributed by atoms with Crippen LogP contribution in [0.25, 0.3) is 0 Å². The Balaban J connectivity index is 1.51. The van der Waals surface area contributed by atoms with E-state index in [2.05, 4.69) is 15.9 Å². The summed E-state index contributed by atoms with van der Waals surface area (Å²) in [6.45, 7) is 0.696. The molecule has 1 aliphatic carbocycles. The van der Waals surface area contributed by atoms with Gasteiger partial charge in [0.1, 0.15) is 14.7 Å². The number of rotatable bonds is 3. The lowest BCUT2D eigenvalue weighted by molar-refractivity contribution is -0.136. The maximum absolute atomic E-state index is 12.8. The predicted molar refractivity (Wildman–Crippen MR) is 96.8 cm³/mol. The number of anilines is 1. The van der Waals surface area contributed by atoms with Gasteiger partial charge in [-0.3, -0.25) is 9.59 Å². The highest BCUT2D eigenvalue weighted by Gasteiger charge is 2.71. The first kappa shape index (κ1) is 17.2. The summed E-state index contributed by atoms with van der Waals surface area (Å²) in [4.78, 5) is 28.6. The highest BCUT2D eigenvalue weighted by Crippen LogP contribution is 2.63. The fourth-order valence-corrected chi connectivity index (χ4v) is 4.83. The van der Waals surface area contributed by atoms with Gasteiger partial charge in [-0.15, -0.1) is 0 Å². The van der Waals surface area contributed by atoms with Crippen molar-refractivity contribution in [2.75, 3.05) is 25.3 Å². The first-order valence-electron chi connectivity index (χ1n) is 7.80. The molecule has 25 heavy (non-hydrogen) atoms. The van der Waals surface area contributed by atoms with E-state index >= 15 is 0 Å². The largest absolute Gasteiger partial charge is 0.454 e. The normalized spacial score (nSPS) is 29.0. The van der Waals surface area contributed by atoms with E-state index in [9.17, 15) is 9.59 Å². The lowest BCUT2D eigenvalue weighted by Gasteiger charge is -2.26. The van der Waals surface area contributed by atoms with Gasteiger partial charge in [-0.1, -0.05) is 39.1 Å². The molecule has 2 atom stereocenters. The molecule has 0 bridgehead atoms. The second-order valence-electron chi connectivity index (χ2n) is 6.43. The maximum atomic E-state index is 12.8. The van der Waals surface area contributed by atoms with Crippen LogP contribution in [-0.4, -0.2) is 51.8 Å². The summed E-state index contributed by atoms with van der Waals surface area (Å²) in [7, 11) is 1.61. The predicted octanol–water partition coefficient (Wildman–Crippen LogP) is 2.69. The van der Waals surface area contributed by atoms with Crippen LogP contribution >= 0.6 is 39.1 Å². The van der Waals surface area contributed by atoms with Crippen LogP contribution < -0.4 is 14.4 Å². The van der Waals surface area contributed by atoms with Gasteiger partial charge in [-0.05, 0) is 18.6 Å². The lowest BCUT2D eigenvalue weighted by Crippen LogP contribution is -2.47. The van der Waals surface area contributed by atoms with Crippen molar-refractivity contribution >= 4 is 56.6 Å². The smallest absolute Gasteiger partial charge is 0.249 e. The van der Waals surface area contributed by atoms with E-state index in [4.69, 9.17) is 32.7 Å². The molecule has 2 fully saturated rings. The van der Waals surface area contributed by atoms with Crippen molar-refractivity contribution in [3.63, 3.8) is 0 Å². The molecule has 0 aromatic heterocycles. The van der Waals surface area contributed by atoms with Crippen LogP contribution in [-0.2, 0) is 9.59 Å². The first-order chi connectivity index (χ1) is 11.7. The van der Waals surface area contributed by atoms with Crippen LogP contribution in [0.1, 0.15) is 12.8 Å². The molecule has 2 amide bonds. The Bertz CT molecular complexity index is 775. The molecule has 2 aliphatic heterocycles. The molecule has 0 radical (unpaired) electrons. The van der Waals surface area contributed by atoms with Crippen LogP contribution in [0.2, 0.25) is 0 Å². The molecule has 6 nitrogen and oxygen atoms in total. The minimum Gasteiger partial charge on any atom is -0.454 e. The van der Waals surface area contributed by atoms with Gasteiger partial charge < -0.3 is 19.3 Å². The minimum absolute atomic E-state index is 0.138. The van der Waals surface area contributed by atoms with Crippen LogP contribution in [0.4, 0.5) is 5.69 Å². The van der Waals surface area contributed by atoms with E-state index in [0.717, 1.165) is 5.69 Å². The number of hydrogen-bond donors (Lipinski definition) is 0. The second-order valence-corrected chi connectivity index (χ2v) is 9.27. The van der Waals surface area contributed by atoms with Crippen molar-refractivity contribution < 1.29 is 19.1 Å². The Morgan fingerprint density at radius 1 is 1.36 bits per heavy atom. The van der Waals surface area contributed by atoms with E-state index in [-0.39, 0.29) is 18.6 Å². The Kier molecular flexibility index (Phi) is 3.90. The summed E-state index contributed by atoms with van der Waals surface area (Å²) in [5.74, 6) is 0.865. The van der Waals surface area contributed by atoms with Gasteiger partial charge in [0, 0.05) is 31.8 Å². The van der Waals surface area contributed by atoms with Crippen LogP contribution in [0.5, 0.6) is 11.5 Å². The molecule has 2 heterocycles. The van der Waals surface area contributed by atoms with Crippen molar-refractivity contribution in [3.05, 3.63) is 18.2 Å². The van der Waals surface area contributed by atoms with Gasteiger partial charge in [-0.2, -0.15) is 0 Å². The Morgan fingerprint density at radius 3 is 2.72 bits per heavy atom. The number of halogens is 3. The van der Waals surface area contributed by atoms with Gasteiger partial charge >= 0.3 is 0 Å². The first-order valence-corrected chi connectivity index (χ1v) is 9.34. The number of likely N-dealkylation sites (N-methyl/N-ethyl adjacent to an activating group) is 1. The van der Waals surface area contributed by atoms with E-state index in [1.54, 1.807) is 24.1 Å². The molecule has 1 aromatic rings. The van der Waals surface area contributed by atoms with E-state index in [0.29, 0.717) is 30.9 Å². The van der Waals surface area contributed by atoms with E-state index < -0.39 is 14.7 Å². The van der Waals surface area contributed by atoms with Crippen molar-refractivity contribution in [1.82, 2.24) is 4.90 Å². The Morgan fingerprint density at radius 2 is 2.04 bits per heavy atom. The number of carbonyl (C=O) groups excluding carboxylic acids is 2. The van der Waals surface area contributed by atoms with Crippen LogP contribution in [0, 0.1) is 0 Å². The van der Waals surface area contributed by atoms with Gasteiger partial charge in [0.05, 0.1) is 0 Å². The highest BCUT2D eigenvalue weighted by molar-refractivity contribution is 9.10. The summed E-state index contributed by atoms with van der Waals surface area (Å²) in [6.07, 6.45) is 0.856. The summed E-state index contributed by atoms with van der Waals surface area (Å²) in [6, 6.07) is 4.82. The number of amides is 2. The zero-order chi connectivity index (χ0) is 18.0. The van der Waals surface area contributed by atoms with Crippen molar-refractivity contribution in [2.24, 2.45) is 0 Å². The van der Waals surface area contributed by atoms with E-state index in [1.807, 2.05) is 6.07 Å². The van der Waals surface area contributed by atoms with Gasteiger partial charge in [0.15, 0.2) is 11.5 Å². The second kappa shape index (κ2) is 5.66. The summed E-state index contributed by atoms with van der Waals surface area (Å²) in [5, 5.41) is 0. The summed E-state index contributed by atoms with van der Waals surface area (Å²) in [5.41, 5.74) is 0.724. The van der Waals surface area contributed by atoms with Crippen molar-refractivity contribution in [1.29, 1.82) is 0 Å². The van der Waals surface area contributed by atoms with Crippen molar-refractivity contribution in [3.8, 4) is 11.5 Å². The summed E-state index contributed by atoms with van der Waals surface area (Å²) >= 11 is 15.4. The average molecular weight is 450 g/mol. The SMILES string of the molecule is CN(C(=O)C1(Br)CC1(Cl)Cl)C1CCN(c2ccc3c(c2)OCO3)C1=O. The number of hydrogen-bond acceptors (Lipinski definition) is 4. The van der Waals surface area contributed by atoms with Gasteiger partial charge in [0.2, 0.25) is 18.6 Å². The third-order valence-corrected chi connectivity index (χ3v) is 7.56. The molecule has 4 rings (SSSR count). The number of benzene rings is 1. The third kappa shape index (κ3) is 2.59. The number of ether oxygens (including phenoxy) is 2. The van der Waals surface area contributed by atoms with Crippen LogP contribution in [0.15, 0.2) is 18.2 Å². The molecule has 2 unspecified atom stereocenters. The molecule has 9 heteroatoms. The molecular formula is C16H15BrCl2N2O4. The van der Waals surface area contributed by atoms with Gasteiger partial charge in [-0.25, -0.2) is 0 Å². The zero-order valence-corrected chi connectivity index (χ0v) is 16.4. The maximum Gasteiger partial charge on any atom is 0.249 e. The molecule has 3 aliphatic rings. The van der Waals surface area contributed by atoms with Crippen LogP contribution in [0.3, 0.4) is 0 Å². The molecular weight excluding hydrogens is 435 g/mol. The lowest BCUT2D eigenvalue weighted by atomic mass is 10.2. The number of alkyl halides is 3. The Hall–Kier alpha value is -1.18. The Labute approximate surface area is 163 Å². The average Bonchev–Trinajstić information content (AvgIpc) is 2.96. The zero-order valence-electron chi connectivity index (χ0n) is 13.3. The van der Waals surface area contributed by atoms with E-state index in [1.165, 1.54) is 4.90 Å². The quantitative estimate of drug-likeness (QED) is 0.665. The topological polar surface area (TPSA) is 59.1 Å². The molecule has 134 valence electrons. The third-order valence-electron chi connectivity index (χ3n) is 4.89. The summed E-state index contributed by atoms with van der Waals surface area (Å²) < 4.78 is 8.51.